The Hall–Kier alpha value is -3.18. The van der Waals surface area contributed by atoms with E-state index < -0.39 is 34.5 Å². The van der Waals surface area contributed by atoms with Crippen molar-refractivity contribution in [1.29, 1.82) is 21.2 Å². The van der Waals surface area contributed by atoms with E-state index in [9.17, 15) is 15.8 Å². The number of rotatable bonds is 3. The maximum Gasteiger partial charge on any atom is 0.215 e. The van der Waals surface area contributed by atoms with Crippen LogP contribution in [0.2, 0.25) is 0 Å². The van der Waals surface area contributed by atoms with Crippen LogP contribution in [0.3, 0.4) is 0 Å². The lowest BCUT2D eigenvalue weighted by Crippen LogP contribution is -2.59. The van der Waals surface area contributed by atoms with E-state index in [4.69, 9.17) is 14.9 Å². The molecule has 0 radical (unpaired) electrons. The van der Waals surface area contributed by atoms with Gasteiger partial charge in [-0.2, -0.15) is 15.8 Å². The highest BCUT2D eigenvalue weighted by atomic mass is 79.9. The van der Waals surface area contributed by atoms with Gasteiger partial charge in [0.05, 0.1) is 24.1 Å². The van der Waals surface area contributed by atoms with Gasteiger partial charge in [-0.15, -0.1) is 0 Å². The summed E-state index contributed by atoms with van der Waals surface area (Å²) in [6.45, 7) is 1.68. The lowest BCUT2D eigenvalue weighted by molar-refractivity contribution is -0.272. The van der Waals surface area contributed by atoms with Crippen molar-refractivity contribution in [3.8, 4) is 18.2 Å². The molecule has 2 aliphatic rings. The maximum absolute atomic E-state index is 10.4. The van der Waals surface area contributed by atoms with Crippen LogP contribution in [0.5, 0.6) is 0 Å². The molecule has 0 aromatic heterocycles. The molecule has 2 aromatic carbocycles. The maximum atomic E-state index is 10.4. The third-order valence-corrected chi connectivity index (χ3v) is 6.64. The van der Waals surface area contributed by atoms with E-state index in [1.165, 1.54) is 0 Å². The molecular weight excluding hydrogens is 444 g/mol. The third-order valence-electron chi connectivity index (χ3n) is 6.15. The first-order valence-electron chi connectivity index (χ1n) is 9.36. The molecule has 7 heteroatoms. The quantitative estimate of drug-likeness (QED) is 0.715. The Kier molecular flexibility index (Phi) is 4.66. The number of halogens is 1. The molecule has 2 bridgehead atoms. The molecule has 30 heavy (non-hydrogen) atoms. The molecule has 4 rings (SSSR count). The second-order valence-electron chi connectivity index (χ2n) is 7.69. The summed E-state index contributed by atoms with van der Waals surface area (Å²) in [6, 6.07) is 22.8. The van der Waals surface area contributed by atoms with Crippen LogP contribution < -0.4 is 0 Å². The van der Waals surface area contributed by atoms with Crippen molar-refractivity contribution < 1.29 is 9.47 Å². The highest BCUT2D eigenvalue weighted by Crippen LogP contribution is 2.67. The molecule has 0 amide bonds. The predicted molar refractivity (Wildman–Crippen MR) is 111 cm³/mol. The van der Waals surface area contributed by atoms with Crippen molar-refractivity contribution in [1.82, 2.24) is 0 Å². The summed E-state index contributed by atoms with van der Waals surface area (Å²) in [4.78, 5) is 0. The van der Waals surface area contributed by atoms with Crippen LogP contribution >= 0.6 is 15.9 Å². The molecule has 2 aliphatic heterocycles. The number of nitriles is 3. The predicted octanol–water partition coefficient (Wildman–Crippen LogP) is 4.65. The van der Waals surface area contributed by atoms with Gasteiger partial charge < -0.3 is 9.47 Å². The summed E-state index contributed by atoms with van der Waals surface area (Å²) in [5.41, 5.74) is -2.28. The summed E-state index contributed by atoms with van der Waals surface area (Å²) < 4.78 is 12.9. The lowest BCUT2D eigenvalue weighted by Gasteiger charge is -2.48. The van der Waals surface area contributed by atoms with Crippen molar-refractivity contribution in [2.45, 2.75) is 25.2 Å². The van der Waals surface area contributed by atoms with E-state index in [1.807, 2.05) is 36.4 Å². The number of nitrogens with zero attached hydrogens (tertiary/aromatic N) is 3. The Bertz CT molecular complexity index is 1130. The van der Waals surface area contributed by atoms with Gasteiger partial charge in [0, 0.05) is 11.4 Å². The van der Waals surface area contributed by atoms with E-state index >= 15 is 0 Å². The molecule has 4 atom stereocenters. The fourth-order valence-corrected chi connectivity index (χ4v) is 5.12. The fraction of sp³-hybridized carbons (Fsp3) is 0.304. The molecule has 0 spiro atoms. The minimum atomic E-state index is -1.96. The monoisotopic (exact) mass is 460 g/mol. The van der Waals surface area contributed by atoms with Crippen LogP contribution in [0, 0.1) is 56.2 Å². The number of nitrogens with one attached hydrogen (secondary N) is 1. The van der Waals surface area contributed by atoms with Crippen molar-refractivity contribution >= 4 is 21.8 Å². The second kappa shape index (κ2) is 6.96. The fourth-order valence-electron chi connectivity index (χ4n) is 4.71. The van der Waals surface area contributed by atoms with Gasteiger partial charge in [0.25, 0.3) is 0 Å². The van der Waals surface area contributed by atoms with Gasteiger partial charge in [-0.3, -0.25) is 5.41 Å². The molecule has 2 aromatic rings. The number of benzene rings is 2. The number of hydrogen-bond donors (Lipinski definition) is 1. The zero-order valence-corrected chi connectivity index (χ0v) is 17.7. The largest absolute Gasteiger partial charge is 0.448 e. The first kappa shape index (κ1) is 20.1. The lowest BCUT2D eigenvalue weighted by atomic mass is 9.52. The van der Waals surface area contributed by atoms with Gasteiger partial charge in [-0.1, -0.05) is 58.4 Å². The normalized spacial score (nSPS) is 31.1. The van der Waals surface area contributed by atoms with Crippen molar-refractivity contribution in [3.63, 3.8) is 0 Å². The molecular formula is C23H17BrN4O2. The highest BCUT2D eigenvalue weighted by molar-refractivity contribution is 9.10. The average molecular weight is 461 g/mol. The summed E-state index contributed by atoms with van der Waals surface area (Å²) in [7, 11) is 0. The molecule has 0 saturated carbocycles. The molecule has 6 nitrogen and oxygen atoms in total. The zero-order chi connectivity index (χ0) is 21.6. The van der Waals surface area contributed by atoms with Crippen molar-refractivity contribution in [2.24, 2.45) is 16.7 Å². The van der Waals surface area contributed by atoms with Crippen LogP contribution in [-0.2, 0) is 15.9 Å². The molecule has 148 valence electrons. The van der Waals surface area contributed by atoms with E-state index in [0.717, 1.165) is 10.0 Å². The topological polar surface area (TPSA) is 114 Å². The van der Waals surface area contributed by atoms with Crippen molar-refractivity contribution in [3.05, 3.63) is 70.2 Å². The highest BCUT2D eigenvalue weighted by Gasteiger charge is 2.79. The van der Waals surface area contributed by atoms with E-state index in [0.29, 0.717) is 12.0 Å². The number of fused-ring (bicyclic) bond motifs is 2. The Morgan fingerprint density at radius 2 is 1.73 bits per heavy atom. The molecule has 2 fully saturated rings. The summed E-state index contributed by atoms with van der Waals surface area (Å²) >= 11 is 3.41. The molecule has 0 aliphatic carbocycles. The van der Waals surface area contributed by atoms with Crippen LogP contribution in [-0.4, -0.2) is 11.7 Å². The smallest absolute Gasteiger partial charge is 0.215 e. The van der Waals surface area contributed by atoms with Gasteiger partial charge in [-0.05, 0) is 29.7 Å². The SMILES string of the molecule is CC12OC(=N)C(C#N)(C1Cc1ccccc1)C(C#N)(C#N)C(c1cccc(Br)c1)O2. The summed E-state index contributed by atoms with van der Waals surface area (Å²) in [6.07, 6.45) is -0.742. The zero-order valence-electron chi connectivity index (χ0n) is 16.1. The average Bonchev–Trinajstić information content (AvgIpc) is 2.91. The molecule has 2 heterocycles. The first-order valence-corrected chi connectivity index (χ1v) is 10.1. The Morgan fingerprint density at radius 3 is 2.33 bits per heavy atom. The minimum Gasteiger partial charge on any atom is -0.448 e. The summed E-state index contributed by atoms with van der Waals surface area (Å²) in [5.74, 6) is -2.45. The Balaban J connectivity index is 1.95. The van der Waals surface area contributed by atoms with Crippen molar-refractivity contribution in [2.75, 3.05) is 0 Å². The number of hydrogen-bond acceptors (Lipinski definition) is 6. The molecule has 4 unspecified atom stereocenters. The Labute approximate surface area is 182 Å². The van der Waals surface area contributed by atoms with Gasteiger partial charge >= 0.3 is 0 Å². The van der Waals surface area contributed by atoms with Gasteiger partial charge in [0.15, 0.2) is 5.41 Å². The molecule has 1 N–H and O–H groups in total. The second-order valence-corrected chi connectivity index (χ2v) is 8.61. The number of ether oxygens (including phenoxy) is 2. The van der Waals surface area contributed by atoms with E-state index in [1.54, 1.807) is 25.1 Å². The standard InChI is InChI=1S/C23H17BrN4O2/c1-21-18(10-15-6-3-2-4-7-15)23(14-27,20(28)30-21)22(12-25,13-26)19(29-21)16-8-5-9-17(24)11-16/h2-9,11,18-19,28H,10H2,1H3. The Morgan fingerprint density at radius 1 is 1.03 bits per heavy atom. The van der Waals surface area contributed by atoms with Crippen LogP contribution in [0.25, 0.3) is 0 Å². The van der Waals surface area contributed by atoms with Crippen LogP contribution in [0.4, 0.5) is 0 Å². The van der Waals surface area contributed by atoms with Gasteiger partial charge in [0.1, 0.15) is 6.10 Å². The first-order chi connectivity index (χ1) is 14.4. The van der Waals surface area contributed by atoms with Crippen LogP contribution in [0.1, 0.15) is 24.2 Å². The minimum absolute atomic E-state index is 0.323. The van der Waals surface area contributed by atoms with Gasteiger partial charge in [0.2, 0.25) is 17.1 Å². The van der Waals surface area contributed by atoms with Gasteiger partial charge in [-0.25, -0.2) is 0 Å². The van der Waals surface area contributed by atoms with E-state index in [2.05, 4.69) is 34.1 Å². The van der Waals surface area contributed by atoms with Crippen LogP contribution in [0.15, 0.2) is 59.1 Å². The third kappa shape index (κ3) is 2.52. The van der Waals surface area contributed by atoms with E-state index in [-0.39, 0.29) is 0 Å². The summed E-state index contributed by atoms with van der Waals surface area (Å²) in [5, 5.41) is 39.5. The molecule has 2 saturated heterocycles.